The van der Waals surface area contributed by atoms with E-state index in [1.54, 1.807) is 44.4 Å². The highest BCUT2D eigenvalue weighted by Gasteiger charge is 2.28. The zero-order chi connectivity index (χ0) is 20.8. The van der Waals surface area contributed by atoms with Crippen molar-refractivity contribution < 1.29 is 27.9 Å². The quantitative estimate of drug-likeness (QED) is 0.564. The van der Waals surface area contributed by atoms with Gasteiger partial charge >= 0.3 is 5.97 Å². The van der Waals surface area contributed by atoms with Crippen molar-refractivity contribution in [2.45, 2.75) is 12.7 Å². The molecule has 0 N–H and O–H groups in total. The van der Waals surface area contributed by atoms with Crippen molar-refractivity contribution in [3.05, 3.63) is 89.6 Å². The van der Waals surface area contributed by atoms with Crippen LogP contribution >= 0.6 is 0 Å². The Bertz CT molecular complexity index is 966. The van der Waals surface area contributed by atoms with Crippen LogP contribution in [0.15, 0.2) is 71.1 Å². The summed E-state index contributed by atoms with van der Waals surface area (Å²) in [7, 11) is 3.17. The number of halogens is 1. The molecule has 0 fully saturated rings. The van der Waals surface area contributed by atoms with Gasteiger partial charge in [0.05, 0.1) is 0 Å². The van der Waals surface area contributed by atoms with Crippen LogP contribution in [0.1, 0.15) is 28.0 Å². The number of carbonyl (C=O) groups excluding carboxylic acids is 2. The largest absolute Gasteiger partial charge is 0.486 e. The van der Waals surface area contributed by atoms with Gasteiger partial charge in [0, 0.05) is 19.7 Å². The molecule has 6 nitrogen and oxygen atoms in total. The maximum atomic E-state index is 12.9. The number of benzene rings is 2. The summed E-state index contributed by atoms with van der Waals surface area (Å²) in [4.78, 5) is 26.3. The van der Waals surface area contributed by atoms with Gasteiger partial charge in [-0.15, -0.1) is 0 Å². The Morgan fingerprint density at radius 3 is 2.34 bits per heavy atom. The summed E-state index contributed by atoms with van der Waals surface area (Å²) in [6, 6.07) is 17.3. The number of rotatable bonds is 7. The minimum Gasteiger partial charge on any atom is -0.486 e. The summed E-state index contributed by atoms with van der Waals surface area (Å²) in [5.41, 5.74) is 0.561. The third-order valence-electron chi connectivity index (χ3n) is 4.05. The van der Waals surface area contributed by atoms with Crippen LogP contribution in [0.2, 0.25) is 0 Å². The first-order chi connectivity index (χ1) is 13.9. The minimum absolute atomic E-state index is 0.0461. The first-order valence-corrected chi connectivity index (χ1v) is 8.88. The number of ether oxygens (including phenoxy) is 2. The van der Waals surface area contributed by atoms with Crippen LogP contribution in [0.4, 0.5) is 4.39 Å². The van der Waals surface area contributed by atoms with Gasteiger partial charge in [0.2, 0.25) is 11.9 Å². The van der Waals surface area contributed by atoms with Crippen LogP contribution in [0.25, 0.3) is 0 Å². The lowest BCUT2D eigenvalue weighted by Crippen LogP contribution is -2.31. The highest BCUT2D eigenvalue weighted by atomic mass is 19.1. The number of hydrogen-bond acceptors (Lipinski definition) is 5. The van der Waals surface area contributed by atoms with Crippen molar-refractivity contribution >= 4 is 11.9 Å². The van der Waals surface area contributed by atoms with Gasteiger partial charge in [-0.1, -0.05) is 30.3 Å². The summed E-state index contributed by atoms with van der Waals surface area (Å²) >= 11 is 0. The van der Waals surface area contributed by atoms with Gasteiger partial charge in [-0.25, -0.2) is 9.18 Å². The Balaban J connectivity index is 1.67. The van der Waals surface area contributed by atoms with Crippen LogP contribution < -0.4 is 4.74 Å². The molecule has 0 aliphatic heterocycles. The second-order valence-corrected chi connectivity index (χ2v) is 6.44. The SMILES string of the molecule is CN(C)C(=O)[C@H](OC(=O)c1ccc(COc2ccc(F)cc2)o1)c1ccccc1. The van der Waals surface area contributed by atoms with Crippen molar-refractivity contribution in [1.82, 2.24) is 4.90 Å². The average Bonchev–Trinajstić information content (AvgIpc) is 3.21. The molecule has 0 saturated carbocycles. The zero-order valence-electron chi connectivity index (χ0n) is 16.0. The number of carbonyl (C=O) groups is 2. The van der Waals surface area contributed by atoms with Gasteiger partial charge in [-0.3, -0.25) is 4.79 Å². The minimum atomic E-state index is -1.08. The fourth-order valence-corrected chi connectivity index (χ4v) is 2.54. The second kappa shape index (κ2) is 9.05. The average molecular weight is 397 g/mol. The highest BCUT2D eigenvalue weighted by molar-refractivity contribution is 5.90. The molecular formula is C22H20FNO5. The molecule has 0 spiro atoms. The predicted molar refractivity (Wildman–Crippen MR) is 103 cm³/mol. The fraction of sp³-hybridized carbons (Fsp3) is 0.182. The number of likely N-dealkylation sites (N-methyl/N-ethyl adjacent to an activating group) is 1. The van der Waals surface area contributed by atoms with Crippen LogP contribution in [0.5, 0.6) is 5.75 Å². The Labute approximate surface area is 167 Å². The van der Waals surface area contributed by atoms with E-state index in [4.69, 9.17) is 13.9 Å². The molecule has 3 rings (SSSR count). The van der Waals surface area contributed by atoms with E-state index >= 15 is 0 Å². The van der Waals surface area contributed by atoms with E-state index in [9.17, 15) is 14.0 Å². The second-order valence-electron chi connectivity index (χ2n) is 6.44. The molecule has 2 aromatic carbocycles. The topological polar surface area (TPSA) is 69.0 Å². The van der Waals surface area contributed by atoms with Gasteiger partial charge in [0.1, 0.15) is 23.9 Å². The Hall–Kier alpha value is -3.61. The van der Waals surface area contributed by atoms with Crippen LogP contribution in [0.3, 0.4) is 0 Å². The highest BCUT2D eigenvalue weighted by Crippen LogP contribution is 2.22. The number of amides is 1. The molecule has 3 aromatic rings. The molecule has 0 aliphatic rings. The van der Waals surface area contributed by atoms with E-state index in [-0.39, 0.29) is 24.1 Å². The lowest BCUT2D eigenvalue weighted by Gasteiger charge is -2.20. The van der Waals surface area contributed by atoms with Gasteiger partial charge in [-0.2, -0.15) is 0 Å². The van der Waals surface area contributed by atoms with E-state index < -0.39 is 12.1 Å². The molecule has 0 aliphatic carbocycles. The van der Waals surface area contributed by atoms with Crippen molar-refractivity contribution in [1.29, 1.82) is 0 Å². The molecule has 0 saturated heterocycles. The molecule has 1 amide bonds. The number of esters is 1. The molecule has 29 heavy (non-hydrogen) atoms. The summed E-state index contributed by atoms with van der Waals surface area (Å²) < 4.78 is 29.3. The summed E-state index contributed by atoms with van der Waals surface area (Å²) in [6.45, 7) is 0.0532. The van der Waals surface area contributed by atoms with Crippen molar-refractivity contribution in [3.63, 3.8) is 0 Å². The predicted octanol–water partition coefficient (Wildman–Crippen LogP) is 3.98. The molecule has 0 radical (unpaired) electrons. The maximum Gasteiger partial charge on any atom is 0.375 e. The third-order valence-corrected chi connectivity index (χ3v) is 4.05. The molecule has 1 aromatic heterocycles. The van der Waals surface area contributed by atoms with E-state index in [0.717, 1.165) is 0 Å². The van der Waals surface area contributed by atoms with Crippen molar-refractivity contribution in [2.75, 3.05) is 14.1 Å². The van der Waals surface area contributed by atoms with Gasteiger partial charge in [0.25, 0.3) is 5.91 Å². The Morgan fingerprint density at radius 1 is 1.00 bits per heavy atom. The van der Waals surface area contributed by atoms with Crippen LogP contribution in [-0.2, 0) is 16.1 Å². The van der Waals surface area contributed by atoms with Crippen LogP contribution in [0, 0.1) is 5.82 Å². The maximum absolute atomic E-state index is 12.9. The van der Waals surface area contributed by atoms with Crippen molar-refractivity contribution in [2.24, 2.45) is 0 Å². The summed E-state index contributed by atoms with van der Waals surface area (Å²) in [6.07, 6.45) is -1.08. The molecule has 7 heteroatoms. The van der Waals surface area contributed by atoms with E-state index in [0.29, 0.717) is 17.1 Å². The Morgan fingerprint density at radius 2 is 1.69 bits per heavy atom. The Kier molecular flexibility index (Phi) is 6.29. The zero-order valence-corrected chi connectivity index (χ0v) is 16.0. The first-order valence-electron chi connectivity index (χ1n) is 8.88. The molecule has 0 unspecified atom stereocenters. The normalized spacial score (nSPS) is 11.6. The van der Waals surface area contributed by atoms with Crippen LogP contribution in [-0.4, -0.2) is 30.9 Å². The molecular weight excluding hydrogens is 377 g/mol. The number of hydrogen-bond donors (Lipinski definition) is 0. The molecule has 1 heterocycles. The van der Waals surface area contributed by atoms with Gasteiger partial charge in [0.15, 0.2) is 0 Å². The number of nitrogens with zero attached hydrogens (tertiary/aromatic N) is 1. The summed E-state index contributed by atoms with van der Waals surface area (Å²) in [5.74, 6) is -0.682. The van der Waals surface area contributed by atoms with Gasteiger partial charge < -0.3 is 18.8 Å². The molecule has 150 valence electrons. The van der Waals surface area contributed by atoms with Gasteiger partial charge in [-0.05, 0) is 36.4 Å². The third kappa shape index (κ3) is 5.22. The van der Waals surface area contributed by atoms with Crippen molar-refractivity contribution in [3.8, 4) is 5.75 Å². The molecule has 0 bridgehead atoms. The lowest BCUT2D eigenvalue weighted by atomic mass is 10.1. The summed E-state index contributed by atoms with van der Waals surface area (Å²) in [5, 5.41) is 0. The first kappa shape index (κ1) is 20.1. The number of furan rings is 1. The monoisotopic (exact) mass is 397 g/mol. The van der Waals surface area contributed by atoms with E-state index in [1.807, 2.05) is 6.07 Å². The standard InChI is InChI=1S/C22H20FNO5/c1-24(2)21(25)20(15-6-4-3-5-7-15)29-22(26)19-13-12-18(28-19)14-27-17-10-8-16(23)9-11-17/h3-13,20H,14H2,1-2H3/t20-/m1/s1. The smallest absolute Gasteiger partial charge is 0.375 e. The van der Waals surface area contributed by atoms with E-state index in [2.05, 4.69) is 0 Å². The molecule has 1 atom stereocenters. The fourth-order valence-electron chi connectivity index (χ4n) is 2.54. The van der Waals surface area contributed by atoms with E-state index in [1.165, 1.54) is 35.2 Å². The lowest BCUT2D eigenvalue weighted by molar-refractivity contribution is -0.138.